The van der Waals surface area contributed by atoms with Crippen LogP contribution < -0.4 is 4.74 Å². The lowest BCUT2D eigenvalue weighted by Gasteiger charge is -2.11. The van der Waals surface area contributed by atoms with E-state index in [-0.39, 0.29) is 22.7 Å². The molecule has 0 radical (unpaired) electrons. The standard InChI is InChI=1S/C13H14F3N3O3S.C3H7NO/c1-8(2)22-12-6-10(13(14,15)16)18-19(12)11-5-4-9(7-17-11)23(3,20)21;1-4(2)3-5/h4-8H,1-3H3;3H,1-2H3. The molecule has 2 heterocycles. The third-order valence-corrected chi connectivity index (χ3v) is 4.00. The van der Waals surface area contributed by atoms with E-state index in [0.29, 0.717) is 0 Å². The van der Waals surface area contributed by atoms with Crippen LogP contribution in [0.4, 0.5) is 13.2 Å². The smallest absolute Gasteiger partial charge is 0.435 e. The van der Waals surface area contributed by atoms with E-state index in [1.54, 1.807) is 27.9 Å². The van der Waals surface area contributed by atoms with Crippen molar-refractivity contribution in [3.8, 4) is 11.7 Å². The van der Waals surface area contributed by atoms with Gasteiger partial charge in [-0.05, 0) is 26.0 Å². The Bertz CT molecular complexity index is 892. The largest absolute Gasteiger partial charge is 0.475 e. The maximum absolute atomic E-state index is 12.8. The van der Waals surface area contributed by atoms with Gasteiger partial charge in [0.2, 0.25) is 12.3 Å². The summed E-state index contributed by atoms with van der Waals surface area (Å²) >= 11 is 0. The highest BCUT2D eigenvalue weighted by atomic mass is 32.2. The van der Waals surface area contributed by atoms with Gasteiger partial charge in [0.15, 0.2) is 21.3 Å². The molecular weight excluding hydrogens is 401 g/mol. The summed E-state index contributed by atoms with van der Waals surface area (Å²) < 4.78 is 67.5. The van der Waals surface area contributed by atoms with Crippen LogP contribution in [-0.4, -0.2) is 60.9 Å². The second-order valence-electron chi connectivity index (χ2n) is 6.14. The molecule has 0 aliphatic carbocycles. The lowest BCUT2D eigenvalue weighted by Crippen LogP contribution is -2.11. The highest BCUT2D eigenvalue weighted by molar-refractivity contribution is 7.90. The molecule has 8 nitrogen and oxygen atoms in total. The van der Waals surface area contributed by atoms with Crippen LogP contribution in [0, 0.1) is 0 Å². The fraction of sp³-hybridized carbons (Fsp3) is 0.438. The summed E-state index contributed by atoms with van der Waals surface area (Å²) in [5.41, 5.74) is -1.12. The third-order valence-electron chi connectivity index (χ3n) is 2.90. The van der Waals surface area contributed by atoms with Gasteiger partial charge in [-0.25, -0.2) is 13.4 Å². The van der Waals surface area contributed by atoms with E-state index in [0.717, 1.165) is 29.6 Å². The number of halogens is 3. The summed E-state index contributed by atoms with van der Waals surface area (Å²) in [7, 11) is -0.0773. The van der Waals surface area contributed by atoms with Crippen LogP contribution in [0.2, 0.25) is 0 Å². The van der Waals surface area contributed by atoms with Crippen molar-refractivity contribution in [3.05, 3.63) is 30.1 Å². The molecule has 0 atom stereocenters. The van der Waals surface area contributed by atoms with E-state index in [1.165, 1.54) is 17.0 Å². The summed E-state index contributed by atoms with van der Waals surface area (Å²) in [6.07, 6.45) is -2.19. The number of pyridine rings is 1. The lowest BCUT2D eigenvalue weighted by molar-refractivity contribution is -0.141. The highest BCUT2D eigenvalue weighted by Crippen LogP contribution is 2.32. The second kappa shape index (κ2) is 9.04. The van der Waals surface area contributed by atoms with Gasteiger partial charge in [0.05, 0.1) is 11.0 Å². The number of rotatable bonds is 5. The van der Waals surface area contributed by atoms with Crippen molar-refractivity contribution in [2.75, 3.05) is 20.4 Å². The molecule has 0 spiro atoms. The van der Waals surface area contributed by atoms with E-state index in [1.807, 2.05) is 0 Å². The zero-order chi connectivity index (χ0) is 21.7. The van der Waals surface area contributed by atoms with Gasteiger partial charge in [0.1, 0.15) is 0 Å². The summed E-state index contributed by atoms with van der Waals surface area (Å²) in [4.78, 5) is 14.7. The average Bonchev–Trinajstić information content (AvgIpc) is 2.98. The van der Waals surface area contributed by atoms with E-state index < -0.39 is 21.7 Å². The predicted molar refractivity (Wildman–Crippen MR) is 95.0 cm³/mol. The van der Waals surface area contributed by atoms with Gasteiger partial charge in [-0.3, -0.25) is 4.79 Å². The maximum Gasteiger partial charge on any atom is 0.435 e. The number of sulfone groups is 1. The number of aromatic nitrogens is 3. The quantitative estimate of drug-likeness (QED) is 0.686. The molecule has 0 saturated carbocycles. The predicted octanol–water partition coefficient (Wildman–Crippen LogP) is 2.18. The van der Waals surface area contributed by atoms with Crippen LogP contribution in [0.15, 0.2) is 29.3 Å². The normalized spacial score (nSPS) is 11.6. The van der Waals surface area contributed by atoms with Crippen LogP contribution in [0.1, 0.15) is 19.5 Å². The van der Waals surface area contributed by atoms with Crippen molar-refractivity contribution in [2.24, 2.45) is 0 Å². The molecule has 0 aromatic carbocycles. The minimum Gasteiger partial charge on any atom is -0.475 e. The summed E-state index contributed by atoms with van der Waals surface area (Å²) in [5.74, 6) is -0.115. The zero-order valence-electron chi connectivity index (χ0n) is 15.9. The Kier molecular flexibility index (Phi) is 7.56. The number of carbonyl (C=O) groups is 1. The van der Waals surface area contributed by atoms with E-state index >= 15 is 0 Å². The molecule has 0 N–H and O–H groups in total. The van der Waals surface area contributed by atoms with Gasteiger partial charge < -0.3 is 9.64 Å². The van der Waals surface area contributed by atoms with Crippen LogP contribution in [0.5, 0.6) is 5.88 Å². The molecule has 2 rings (SSSR count). The van der Waals surface area contributed by atoms with E-state index in [9.17, 15) is 26.4 Å². The summed E-state index contributed by atoms with van der Waals surface area (Å²) in [6, 6.07) is 3.27. The van der Waals surface area contributed by atoms with Crippen LogP contribution in [0.25, 0.3) is 5.82 Å². The van der Waals surface area contributed by atoms with Gasteiger partial charge in [0, 0.05) is 32.6 Å². The van der Waals surface area contributed by atoms with Crippen molar-refractivity contribution >= 4 is 16.2 Å². The number of alkyl halides is 3. The molecule has 0 unspecified atom stereocenters. The molecule has 0 aliphatic rings. The van der Waals surface area contributed by atoms with E-state index in [2.05, 4.69) is 10.1 Å². The number of ether oxygens (including phenoxy) is 1. The Morgan fingerprint density at radius 2 is 1.82 bits per heavy atom. The lowest BCUT2D eigenvalue weighted by atomic mass is 10.4. The van der Waals surface area contributed by atoms with Gasteiger partial charge in [-0.15, -0.1) is 0 Å². The molecule has 2 aromatic heterocycles. The summed E-state index contributed by atoms with van der Waals surface area (Å²) in [5, 5.41) is 3.45. The number of hydrogen-bond acceptors (Lipinski definition) is 6. The zero-order valence-corrected chi connectivity index (χ0v) is 16.7. The molecule has 28 heavy (non-hydrogen) atoms. The van der Waals surface area contributed by atoms with Gasteiger partial charge in [-0.1, -0.05) is 0 Å². The van der Waals surface area contributed by atoms with Crippen molar-refractivity contribution in [2.45, 2.75) is 31.0 Å². The summed E-state index contributed by atoms with van der Waals surface area (Å²) in [6.45, 7) is 3.32. The van der Waals surface area contributed by atoms with Crippen molar-refractivity contribution in [1.29, 1.82) is 0 Å². The first-order valence-corrected chi connectivity index (χ1v) is 9.77. The van der Waals surface area contributed by atoms with E-state index in [4.69, 9.17) is 4.74 Å². The molecule has 0 bridgehead atoms. The van der Waals surface area contributed by atoms with Gasteiger partial charge in [0.25, 0.3) is 0 Å². The fourth-order valence-corrected chi connectivity index (χ4v) is 2.27. The van der Waals surface area contributed by atoms with Crippen LogP contribution >= 0.6 is 0 Å². The molecule has 156 valence electrons. The average molecular weight is 422 g/mol. The third kappa shape index (κ3) is 6.83. The molecule has 0 aliphatic heterocycles. The minimum atomic E-state index is -4.63. The molecule has 12 heteroatoms. The first-order valence-electron chi connectivity index (χ1n) is 7.87. The maximum atomic E-state index is 12.8. The highest BCUT2D eigenvalue weighted by Gasteiger charge is 2.36. The van der Waals surface area contributed by atoms with Gasteiger partial charge in [-0.2, -0.15) is 23.0 Å². The Balaban J connectivity index is 0.000000696. The van der Waals surface area contributed by atoms with Crippen LogP contribution in [-0.2, 0) is 20.8 Å². The first-order chi connectivity index (χ1) is 12.8. The fourth-order valence-electron chi connectivity index (χ4n) is 1.71. The molecule has 0 saturated heterocycles. The van der Waals surface area contributed by atoms with Crippen molar-refractivity contribution in [3.63, 3.8) is 0 Å². The Morgan fingerprint density at radius 1 is 1.25 bits per heavy atom. The monoisotopic (exact) mass is 422 g/mol. The number of nitrogens with zero attached hydrogens (tertiary/aromatic N) is 4. The Labute approximate surface area is 160 Å². The number of amides is 1. The number of carbonyl (C=O) groups excluding carboxylic acids is 1. The molecule has 1 amide bonds. The SMILES string of the molecule is CC(C)Oc1cc(C(F)(F)F)nn1-c1ccc(S(C)(=O)=O)cn1.CN(C)C=O. The van der Waals surface area contributed by atoms with Gasteiger partial charge >= 0.3 is 6.18 Å². The second-order valence-corrected chi connectivity index (χ2v) is 8.15. The molecule has 2 aromatic rings. The Hall–Kier alpha value is -2.63. The first kappa shape index (κ1) is 23.4. The van der Waals surface area contributed by atoms with Crippen LogP contribution in [0.3, 0.4) is 0 Å². The molecular formula is C16H21F3N4O4S. The minimum absolute atomic E-state index is 0.0172. The van der Waals surface area contributed by atoms with Crippen molar-refractivity contribution < 1.29 is 31.1 Å². The van der Waals surface area contributed by atoms with Crippen molar-refractivity contribution in [1.82, 2.24) is 19.7 Å². The topological polar surface area (TPSA) is 94.4 Å². The number of hydrogen-bond donors (Lipinski definition) is 0. The molecule has 0 fully saturated rings. The Morgan fingerprint density at radius 3 is 2.18 bits per heavy atom.